The van der Waals surface area contributed by atoms with Gasteiger partial charge in [-0.25, -0.2) is 0 Å². The van der Waals surface area contributed by atoms with E-state index in [1.54, 1.807) is 0 Å². The summed E-state index contributed by atoms with van der Waals surface area (Å²) in [6.45, 7) is 9.87. The molecule has 2 unspecified atom stereocenters. The lowest BCUT2D eigenvalue weighted by Gasteiger charge is -2.10. The van der Waals surface area contributed by atoms with Crippen LogP contribution in [-0.2, 0) is 0 Å². The van der Waals surface area contributed by atoms with Gasteiger partial charge in [-0.05, 0) is 23.7 Å². The standard InChI is InChI=1S/C11H16S2/c1-4-10(9(3)12)7-11-8(2)5-6-13-11/h4,7-8,11-12H,1,3,5-6H2,2H3/b10-7+. The Hall–Kier alpha value is -0.0800. The molecule has 0 aliphatic carbocycles. The third kappa shape index (κ3) is 2.96. The van der Waals surface area contributed by atoms with Gasteiger partial charge in [-0.15, -0.1) is 12.6 Å². The van der Waals surface area contributed by atoms with E-state index in [4.69, 9.17) is 0 Å². The smallest absolute Gasteiger partial charge is 0.0262 e. The highest BCUT2D eigenvalue weighted by molar-refractivity contribution is 8.00. The minimum absolute atomic E-state index is 0.622. The maximum absolute atomic E-state index is 4.23. The summed E-state index contributed by atoms with van der Waals surface area (Å²) in [5, 5.41) is 0.622. The normalized spacial score (nSPS) is 28.9. The van der Waals surface area contributed by atoms with Gasteiger partial charge >= 0.3 is 0 Å². The first-order valence-corrected chi connectivity index (χ1v) is 5.99. The summed E-state index contributed by atoms with van der Waals surface area (Å²) in [6.07, 6.45) is 5.39. The topological polar surface area (TPSA) is 0 Å². The molecule has 0 amide bonds. The average molecular weight is 212 g/mol. The summed E-state index contributed by atoms with van der Waals surface area (Å²) >= 11 is 6.24. The molecule has 0 bridgehead atoms. The Balaban J connectivity index is 2.71. The molecule has 0 radical (unpaired) electrons. The fourth-order valence-electron chi connectivity index (χ4n) is 1.39. The monoisotopic (exact) mass is 212 g/mol. The highest BCUT2D eigenvalue weighted by Crippen LogP contribution is 2.34. The van der Waals surface area contributed by atoms with E-state index in [1.165, 1.54) is 12.2 Å². The van der Waals surface area contributed by atoms with Crippen LogP contribution in [0.2, 0.25) is 0 Å². The molecule has 0 nitrogen and oxygen atoms in total. The predicted molar refractivity (Wildman–Crippen MR) is 66.4 cm³/mol. The summed E-state index contributed by atoms with van der Waals surface area (Å²) in [6, 6.07) is 0. The van der Waals surface area contributed by atoms with E-state index < -0.39 is 0 Å². The van der Waals surface area contributed by atoms with Gasteiger partial charge in [-0.1, -0.05) is 32.2 Å². The van der Waals surface area contributed by atoms with E-state index in [-0.39, 0.29) is 0 Å². The Bertz CT molecular complexity index is 240. The minimum Gasteiger partial charge on any atom is -0.154 e. The van der Waals surface area contributed by atoms with Crippen LogP contribution in [-0.4, -0.2) is 11.0 Å². The van der Waals surface area contributed by atoms with E-state index in [0.717, 1.165) is 16.4 Å². The first-order chi connectivity index (χ1) is 6.15. The van der Waals surface area contributed by atoms with Crippen molar-refractivity contribution < 1.29 is 0 Å². The van der Waals surface area contributed by atoms with Gasteiger partial charge in [0.25, 0.3) is 0 Å². The van der Waals surface area contributed by atoms with Gasteiger partial charge in [-0.3, -0.25) is 0 Å². The van der Waals surface area contributed by atoms with Crippen molar-refractivity contribution in [2.45, 2.75) is 18.6 Å². The third-order valence-corrected chi connectivity index (χ3v) is 4.06. The van der Waals surface area contributed by atoms with E-state index in [1.807, 2.05) is 17.8 Å². The second kappa shape index (κ2) is 4.97. The highest BCUT2D eigenvalue weighted by atomic mass is 32.2. The Morgan fingerprint density at radius 3 is 2.69 bits per heavy atom. The van der Waals surface area contributed by atoms with Gasteiger partial charge < -0.3 is 0 Å². The summed E-state index contributed by atoms with van der Waals surface area (Å²) < 4.78 is 0. The van der Waals surface area contributed by atoms with Crippen molar-refractivity contribution in [2.75, 3.05) is 5.75 Å². The SMILES string of the molecule is C=C/C(=C\C1SCCC1C)C(=C)S. The molecule has 13 heavy (non-hydrogen) atoms. The lowest BCUT2D eigenvalue weighted by atomic mass is 10.0. The van der Waals surface area contributed by atoms with Crippen LogP contribution in [0, 0.1) is 5.92 Å². The number of rotatable bonds is 3. The fourth-order valence-corrected chi connectivity index (χ4v) is 3.04. The molecule has 72 valence electrons. The molecular weight excluding hydrogens is 196 g/mol. The maximum Gasteiger partial charge on any atom is 0.0262 e. The van der Waals surface area contributed by atoms with Crippen LogP contribution >= 0.6 is 24.4 Å². The lowest BCUT2D eigenvalue weighted by Crippen LogP contribution is -2.04. The van der Waals surface area contributed by atoms with Crippen molar-refractivity contribution in [3.8, 4) is 0 Å². The van der Waals surface area contributed by atoms with Gasteiger partial charge in [0, 0.05) is 10.2 Å². The number of allylic oxidation sites excluding steroid dienone is 2. The molecule has 1 rings (SSSR count). The second-order valence-electron chi connectivity index (χ2n) is 3.37. The first kappa shape index (κ1) is 11.0. The Kier molecular flexibility index (Phi) is 4.20. The average Bonchev–Trinajstić information content (AvgIpc) is 2.46. The summed E-state index contributed by atoms with van der Waals surface area (Å²) in [5.41, 5.74) is 1.08. The maximum atomic E-state index is 4.23. The second-order valence-corrected chi connectivity index (χ2v) is 5.20. The van der Waals surface area contributed by atoms with Crippen LogP contribution in [0.4, 0.5) is 0 Å². The van der Waals surface area contributed by atoms with Crippen LogP contribution in [0.5, 0.6) is 0 Å². The van der Waals surface area contributed by atoms with Crippen molar-refractivity contribution in [1.29, 1.82) is 0 Å². The zero-order valence-electron chi connectivity index (χ0n) is 7.99. The van der Waals surface area contributed by atoms with Gasteiger partial charge in [0.05, 0.1) is 0 Å². The van der Waals surface area contributed by atoms with Crippen molar-refractivity contribution in [3.05, 3.63) is 35.8 Å². The van der Waals surface area contributed by atoms with Crippen LogP contribution in [0.1, 0.15) is 13.3 Å². The zero-order valence-corrected chi connectivity index (χ0v) is 9.70. The Labute approximate surface area is 90.6 Å². The van der Waals surface area contributed by atoms with Crippen LogP contribution in [0.3, 0.4) is 0 Å². The number of hydrogen-bond acceptors (Lipinski definition) is 2. The van der Waals surface area contributed by atoms with Crippen LogP contribution in [0.15, 0.2) is 35.8 Å². The summed E-state index contributed by atoms with van der Waals surface area (Å²) in [5.74, 6) is 2.04. The molecule has 2 heteroatoms. The Morgan fingerprint density at radius 1 is 1.62 bits per heavy atom. The van der Waals surface area contributed by atoms with Crippen molar-refractivity contribution in [3.63, 3.8) is 0 Å². The lowest BCUT2D eigenvalue weighted by molar-refractivity contribution is 0.616. The molecule has 0 spiro atoms. The minimum atomic E-state index is 0.622. The molecule has 0 saturated carbocycles. The van der Waals surface area contributed by atoms with Crippen LogP contribution in [0.25, 0.3) is 0 Å². The molecule has 0 N–H and O–H groups in total. The van der Waals surface area contributed by atoms with Gasteiger partial charge in [-0.2, -0.15) is 11.8 Å². The molecular formula is C11H16S2. The molecule has 2 atom stereocenters. The summed E-state index contributed by atoms with van der Waals surface area (Å²) in [4.78, 5) is 0.815. The van der Waals surface area contributed by atoms with E-state index >= 15 is 0 Å². The number of thiol groups is 1. The molecule has 1 aliphatic heterocycles. The fraction of sp³-hybridized carbons (Fsp3) is 0.455. The molecule has 1 aliphatic rings. The quantitative estimate of drug-likeness (QED) is 0.550. The molecule has 0 aromatic heterocycles. The largest absolute Gasteiger partial charge is 0.154 e. The molecule has 1 saturated heterocycles. The van der Waals surface area contributed by atoms with E-state index in [9.17, 15) is 0 Å². The zero-order chi connectivity index (χ0) is 9.84. The number of thioether (sulfide) groups is 1. The molecule has 0 aromatic carbocycles. The summed E-state index contributed by atoms with van der Waals surface area (Å²) in [7, 11) is 0. The third-order valence-electron chi connectivity index (χ3n) is 2.34. The van der Waals surface area contributed by atoms with Crippen LogP contribution < -0.4 is 0 Å². The molecule has 0 aromatic rings. The molecule has 1 fully saturated rings. The predicted octanol–water partition coefficient (Wildman–Crippen LogP) is 3.68. The van der Waals surface area contributed by atoms with Crippen molar-refractivity contribution in [2.24, 2.45) is 5.92 Å². The van der Waals surface area contributed by atoms with E-state index in [0.29, 0.717) is 5.25 Å². The van der Waals surface area contributed by atoms with Gasteiger partial charge in [0.1, 0.15) is 0 Å². The van der Waals surface area contributed by atoms with Crippen molar-refractivity contribution in [1.82, 2.24) is 0 Å². The highest BCUT2D eigenvalue weighted by Gasteiger charge is 2.21. The Morgan fingerprint density at radius 2 is 2.31 bits per heavy atom. The number of hydrogen-bond donors (Lipinski definition) is 1. The molecule has 1 heterocycles. The van der Waals surface area contributed by atoms with Gasteiger partial charge in [0.2, 0.25) is 0 Å². The van der Waals surface area contributed by atoms with Gasteiger partial charge in [0.15, 0.2) is 0 Å². The van der Waals surface area contributed by atoms with Crippen molar-refractivity contribution >= 4 is 24.4 Å². The first-order valence-electron chi connectivity index (χ1n) is 4.49. The van der Waals surface area contributed by atoms with E-state index in [2.05, 4.69) is 38.8 Å².